The van der Waals surface area contributed by atoms with E-state index in [4.69, 9.17) is 15.6 Å². The van der Waals surface area contributed by atoms with Gasteiger partial charge in [0, 0.05) is 24.2 Å². The average molecular weight is 472 g/mol. The number of oxazole rings is 1. The second kappa shape index (κ2) is 8.54. The molecular formula is C18H16N8O6S. The van der Waals surface area contributed by atoms with Gasteiger partial charge in [0.2, 0.25) is 17.2 Å². The summed E-state index contributed by atoms with van der Waals surface area (Å²) in [7, 11) is 0. The molecule has 33 heavy (non-hydrogen) atoms. The number of carbonyl (C=O) groups is 3. The van der Waals surface area contributed by atoms with Crippen LogP contribution in [-0.2, 0) is 9.59 Å². The molecule has 0 radical (unpaired) electrons. The molecule has 0 aromatic carbocycles. The third kappa shape index (κ3) is 4.42. The number of carbonyl (C=O) groups excluding carboxylic acids is 3. The molecule has 0 spiro atoms. The normalized spacial score (nSPS) is 17.0. The fourth-order valence-electron chi connectivity index (χ4n) is 2.89. The number of hydrogen-bond donors (Lipinski definition) is 7. The van der Waals surface area contributed by atoms with E-state index >= 15 is 0 Å². The Morgan fingerprint density at radius 2 is 2.09 bits per heavy atom. The highest BCUT2D eigenvalue weighted by Crippen LogP contribution is 2.16. The minimum atomic E-state index is -0.955. The Labute approximate surface area is 187 Å². The van der Waals surface area contributed by atoms with Crippen LogP contribution in [-0.4, -0.2) is 62.1 Å². The van der Waals surface area contributed by atoms with Crippen LogP contribution in [0.5, 0.6) is 5.75 Å². The summed E-state index contributed by atoms with van der Waals surface area (Å²) in [5.41, 5.74) is 4.58. The maximum atomic E-state index is 12.4. The first-order valence-corrected chi connectivity index (χ1v) is 10.2. The minimum absolute atomic E-state index is 0.0370. The van der Waals surface area contributed by atoms with Gasteiger partial charge in [0.15, 0.2) is 16.6 Å². The summed E-state index contributed by atoms with van der Waals surface area (Å²) in [6.07, 6.45) is 2.15. The third-order valence-corrected chi connectivity index (χ3v) is 5.32. The van der Waals surface area contributed by atoms with Crippen molar-refractivity contribution in [3.63, 3.8) is 0 Å². The van der Waals surface area contributed by atoms with Crippen molar-refractivity contribution < 1.29 is 23.9 Å². The van der Waals surface area contributed by atoms with Crippen LogP contribution in [0.2, 0.25) is 0 Å². The number of nitrogens with zero attached hydrogens (tertiary/aromatic N) is 2. The van der Waals surface area contributed by atoms with Crippen molar-refractivity contribution in [2.75, 3.05) is 12.3 Å². The highest BCUT2D eigenvalue weighted by molar-refractivity contribution is 7.13. The Morgan fingerprint density at radius 1 is 1.30 bits per heavy atom. The lowest BCUT2D eigenvalue weighted by molar-refractivity contribution is -0.134. The van der Waals surface area contributed by atoms with E-state index in [2.05, 4.69) is 30.9 Å². The summed E-state index contributed by atoms with van der Waals surface area (Å²) in [5, 5.41) is 26.4. The number of rotatable bonds is 7. The Kier molecular flexibility index (Phi) is 5.61. The van der Waals surface area contributed by atoms with Crippen LogP contribution >= 0.6 is 11.3 Å². The second-order valence-electron chi connectivity index (χ2n) is 6.86. The summed E-state index contributed by atoms with van der Waals surface area (Å²) < 4.78 is 5.19. The largest absolute Gasteiger partial charge is 0.503 e. The van der Waals surface area contributed by atoms with E-state index in [0.29, 0.717) is 0 Å². The standard InChI is InChI=1S/C18H16N8O6S/c19-12(9-5-33-18(20)25-9)15(30)26-13-7(23-16(13)31)2-22-14(29)8-4-32-17(24-8)6-1-10(27)11(28)3-21-6/h1,3-5,7,13,19,28H,2H2,(H2,20,25)(H,21,27)(H,22,29)(H,23,31)(H,26,30). The number of nitrogen functional groups attached to an aromatic ring is 1. The quantitative estimate of drug-likeness (QED) is 0.157. The fraction of sp³-hybridized carbons (Fsp3) is 0.167. The molecule has 1 fully saturated rings. The number of nitrogens with two attached hydrogens (primary N) is 1. The SMILES string of the molecule is N=C(C(=O)NC1C(=O)NC1CNC(=O)c1coc(-c2cc(=O)c(O)c[nH]2)n1)c1csc(N)n1. The molecule has 3 aromatic heterocycles. The smallest absolute Gasteiger partial charge is 0.273 e. The number of amides is 3. The molecule has 1 aliphatic heterocycles. The Balaban J connectivity index is 1.33. The van der Waals surface area contributed by atoms with Gasteiger partial charge >= 0.3 is 0 Å². The van der Waals surface area contributed by atoms with Crippen molar-refractivity contribution >= 4 is 39.9 Å². The zero-order valence-electron chi connectivity index (χ0n) is 16.5. The van der Waals surface area contributed by atoms with Gasteiger partial charge in [-0.3, -0.25) is 24.6 Å². The van der Waals surface area contributed by atoms with Crippen molar-refractivity contribution in [1.82, 2.24) is 30.9 Å². The summed E-state index contributed by atoms with van der Waals surface area (Å²) in [6, 6.07) is -0.500. The number of thiazole rings is 1. The predicted octanol–water partition coefficient (Wildman–Crippen LogP) is -1.44. The number of H-pyrrole nitrogens is 1. The van der Waals surface area contributed by atoms with Crippen LogP contribution in [0.3, 0.4) is 0 Å². The number of hydrogen-bond acceptors (Lipinski definition) is 11. The maximum absolute atomic E-state index is 12.4. The molecule has 170 valence electrons. The number of aromatic amines is 1. The van der Waals surface area contributed by atoms with Gasteiger partial charge in [0.05, 0.1) is 6.04 Å². The molecule has 0 saturated carbocycles. The summed E-state index contributed by atoms with van der Waals surface area (Å²) in [5.74, 6) is -2.41. The van der Waals surface area contributed by atoms with Crippen molar-refractivity contribution in [2.24, 2.45) is 0 Å². The average Bonchev–Trinajstić information content (AvgIpc) is 3.45. The van der Waals surface area contributed by atoms with Crippen LogP contribution in [0.1, 0.15) is 16.2 Å². The molecule has 2 unspecified atom stereocenters. The van der Waals surface area contributed by atoms with Crippen molar-refractivity contribution in [1.29, 1.82) is 5.41 Å². The molecule has 3 amide bonds. The molecule has 4 heterocycles. The van der Waals surface area contributed by atoms with Crippen LogP contribution < -0.4 is 27.1 Å². The van der Waals surface area contributed by atoms with Crippen LogP contribution in [0.15, 0.2) is 33.1 Å². The minimum Gasteiger partial charge on any atom is -0.503 e. The van der Waals surface area contributed by atoms with Crippen molar-refractivity contribution in [3.8, 4) is 17.3 Å². The number of β-lactam (4-membered cyclic amide) rings is 1. The monoisotopic (exact) mass is 472 g/mol. The number of pyridine rings is 1. The molecular weight excluding hydrogens is 456 g/mol. The van der Waals surface area contributed by atoms with E-state index in [1.54, 1.807) is 0 Å². The summed E-state index contributed by atoms with van der Waals surface area (Å²) >= 11 is 1.08. The van der Waals surface area contributed by atoms with Gasteiger partial charge in [-0.05, 0) is 0 Å². The van der Waals surface area contributed by atoms with Gasteiger partial charge in [-0.1, -0.05) is 0 Å². The highest BCUT2D eigenvalue weighted by atomic mass is 32.1. The van der Waals surface area contributed by atoms with Crippen LogP contribution in [0.25, 0.3) is 11.6 Å². The molecule has 3 aromatic rings. The van der Waals surface area contributed by atoms with Crippen molar-refractivity contribution in [2.45, 2.75) is 12.1 Å². The Morgan fingerprint density at radius 3 is 2.76 bits per heavy atom. The lowest BCUT2D eigenvalue weighted by atomic mass is 9.98. The Hall–Kier alpha value is -4.53. The highest BCUT2D eigenvalue weighted by Gasteiger charge is 2.41. The van der Waals surface area contributed by atoms with E-state index in [9.17, 15) is 24.3 Å². The molecule has 1 saturated heterocycles. The van der Waals surface area contributed by atoms with Gasteiger partial charge in [0.1, 0.15) is 29.4 Å². The van der Waals surface area contributed by atoms with E-state index in [1.165, 1.54) is 5.38 Å². The Bertz CT molecular complexity index is 1330. The number of anilines is 1. The van der Waals surface area contributed by atoms with E-state index in [0.717, 1.165) is 29.9 Å². The molecule has 0 aliphatic carbocycles. The second-order valence-corrected chi connectivity index (χ2v) is 7.75. The lowest BCUT2D eigenvalue weighted by Crippen LogP contribution is -2.72. The topological polar surface area (TPSA) is 229 Å². The molecule has 15 heteroatoms. The first-order chi connectivity index (χ1) is 15.7. The predicted molar refractivity (Wildman–Crippen MR) is 114 cm³/mol. The van der Waals surface area contributed by atoms with Gasteiger partial charge in [0.25, 0.3) is 11.8 Å². The zero-order valence-corrected chi connectivity index (χ0v) is 17.4. The van der Waals surface area contributed by atoms with Crippen molar-refractivity contribution in [3.05, 3.63) is 45.5 Å². The molecule has 0 bridgehead atoms. The van der Waals surface area contributed by atoms with Crippen LogP contribution in [0.4, 0.5) is 5.13 Å². The van der Waals surface area contributed by atoms with Gasteiger partial charge < -0.3 is 36.2 Å². The van der Waals surface area contributed by atoms with Gasteiger partial charge in [-0.15, -0.1) is 11.3 Å². The first-order valence-electron chi connectivity index (χ1n) is 9.30. The maximum Gasteiger partial charge on any atom is 0.273 e. The zero-order chi connectivity index (χ0) is 23.7. The lowest BCUT2D eigenvalue weighted by Gasteiger charge is -2.37. The molecule has 14 nitrogen and oxygen atoms in total. The molecule has 4 rings (SSSR count). The van der Waals surface area contributed by atoms with E-state index in [-0.39, 0.29) is 34.6 Å². The molecule has 1 aliphatic rings. The van der Waals surface area contributed by atoms with Gasteiger partial charge in [-0.25, -0.2) is 9.97 Å². The fourth-order valence-corrected chi connectivity index (χ4v) is 3.45. The molecule has 2 atom stereocenters. The summed E-state index contributed by atoms with van der Waals surface area (Å²) in [4.78, 5) is 58.4. The van der Waals surface area contributed by atoms with E-state index in [1.807, 2.05) is 0 Å². The first kappa shape index (κ1) is 21.7. The molecule has 8 N–H and O–H groups in total. The van der Waals surface area contributed by atoms with Gasteiger partial charge in [-0.2, -0.15) is 0 Å². The number of aromatic hydroxyl groups is 1. The number of nitrogens with one attached hydrogen (secondary N) is 5. The third-order valence-electron chi connectivity index (χ3n) is 4.65. The van der Waals surface area contributed by atoms with Crippen LogP contribution in [0, 0.1) is 5.41 Å². The van der Waals surface area contributed by atoms with E-state index < -0.39 is 46.7 Å². The summed E-state index contributed by atoms with van der Waals surface area (Å²) in [6.45, 7) is -0.0370. The number of aromatic nitrogens is 3.